The summed E-state index contributed by atoms with van der Waals surface area (Å²) in [5, 5.41) is 14.8. The second-order valence-electron chi connectivity index (χ2n) is 7.85. The largest absolute Gasteiger partial charge is 0.378 e. The van der Waals surface area contributed by atoms with Crippen LogP contribution in [-0.4, -0.2) is 52.4 Å². The predicted molar refractivity (Wildman–Crippen MR) is 133 cm³/mol. The van der Waals surface area contributed by atoms with Gasteiger partial charge in [-0.25, -0.2) is 4.39 Å². The van der Waals surface area contributed by atoms with Crippen LogP contribution in [0, 0.1) is 5.82 Å². The van der Waals surface area contributed by atoms with Crippen molar-refractivity contribution in [3.05, 3.63) is 90.0 Å². The Hall–Kier alpha value is -3.76. The molecule has 178 valence electrons. The number of ether oxygens (including phenoxy) is 1. The topological polar surface area (TPSA) is 85.2 Å². The number of hydrogen-bond donors (Lipinski definition) is 1. The maximum atomic E-state index is 14.8. The first-order valence-corrected chi connectivity index (χ1v) is 12.2. The standard InChI is InChI=1S/C25H23FN6O2S/c26-21-16-18(10-11-22(21)31-12-14-34-15-13-31)27-25(33)20-8-4-5-9-23(20)35-17-24-28-29-30-32(24)19-6-2-1-3-7-19/h1-11,16H,12-15,17H2,(H,27,33). The number of aromatic nitrogens is 4. The number of hydrogen-bond acceptors (Lipinski definition) is 7. The zero-order valence-corrected chi connectivity index (χ0v) is 19.6. The maximum Gasteiger partial charge on any atom is 0.256 e. The first-order chi connectivity index (χ1) is 17.2. The number of tetrazole rings is 1. The average Bonchev–Trinajstić information content (AvgIpc) is 3.37. The number of thioether (sulfide) groups is 1. The summed E-state index contributed by atoms with van der Waals surface area (Å²) in [6, 6.07) is 21.7. The summed E-state index contributed by atoms with van der Waals surface area (Å²) < 4.78 is 21.8. The van der Waals surface area contributed by atoms with Crippen LogP contribution in [-0.2, 0) is 10.5 Å². The molecule has 35 heavy (non-hydrogen) atoms. The third-order valence-electron chi connectivity index (χ3n) is 5.58. The molecule has 0 bridgehead atoms. The van der Waals surface area contributed by atoms with Crippen LogP contribution in [0.25, 0.3) is 5.69 Å². The molecule has 1 aromatic heterocycles. The fourth-order valence-electron chi connectivity index (χ4n) is 3.83. The Balaban J connectivity index is 1.28. The number of nitrogens with one attached hydrogen (secondary N) is 1. The second kappa shape index (κ2) is 10.7. The van der Waals surface area contributed by atoms with Gasteiger partial charge in [-0.05, 0) is 52.9 Å². The smallest absolute Gasteiger partial charge is 0.256 e. The Kier molecular flexibility index (Phi) is 7.01. The molecule has 1 aliphatic heterocycles. The van der Waals surface area contributed by atoms with Gasteiger partial charge in [0.25, 0.3) is 5.91 Å². The van der Waals surface area contributed by atoms with Gasteiger partial charge < -0.3 is 15.0 Å². The Morgan fingerprint density at radius 1 is 1.03 bits per heavy atom. The van der Waals surface area contributed by atoms with Gasteiger partial charge in [-0.15, -0.1) is 16.9 Å². The molecule has 5 rings (SSSR count). The number of amides is 1. The molecule has 0 radical (unpaired) electrons. The lowest BCUT2D eigenvalue weighted by Crippen LogP contribution is -2.36. The van der Waals surface area contributed by atoms with E-state index in [1.807, 2.05) is 47.4 Å². The number of morpholine rings is 1. The molecular weight excluding hydrogens is 467 g/mol. The van der Waals surface area contributed by atoms with Gasteiger partial charge in [0, 0.05) is 23.7 Å². The lowest BCUT2D eigenvalue weighted by Gasteiger charge is -2.29. The van der Waals surface area contributed by atoms with Crippen LogP contribution in [0.1, 0.15) is 16.2 Å². The van der Waals surface area contributed by atoms with Gasteiger partial charge in [-0.1, -0.05) is 30.3 Å². The summed E-state index contributed by atoms with van der Waals surface area (Å²) in [7, 11) is 0. The molecule has 8 nitrogen and oxygen atoms in total. The average molecular weight is 491 g/mol. The highest BCUT2D eigenvalue weighted by molar-refractivity contribution is 7.98. The summed E-state index contributed by atoms with van der Waals surface area (Å²) >= 11 is 1.46. The molecule has 0 saturated carbocycles. The molecule has 1 saturated heterocycles. The Morgan fingerprint density at radius 2 is 1.80 bits per heavy atom. The first-order valence-electron chi connectivity index (χ1n) is 11.2. The van der Waals surface area contributed by atoms with E-state index in [0.717, 1.165) is 10.6 Å². The van der Waals surface area contributed by atoms with Gasteiger partial charge in [0.05, 0.1) is 35.9 Å². The second-order valence-corrected chi connectivity index (χ2v) is 8.86. The number of carbonyl (C=O) groups is 1. The molecule has 0 unspecified atom stereocenters. The Bertz CT molecular complexity index is 1310. The van der Waals surface area contributed by atoms with Gasteiger partial charge in [0.1, 0.15) is 5.82 Å². The van der Waals surface area contributed by atoms with Crippen molar-refractivity contribution < 1.29 is 13.9 Å². The number of anilines is 2. The zero-order valence-electron chi connectivity index (χ0n) is 18.8. The molecule has 4 aromatic rings. The van der Waals surface area contributed by atoms with Crippen LogP contribution in [0.2, 0.25) is 0 Å². The summed E-state index contributed by atoms with van der Waals surface area (Å²) in [6.07, 6.45) is 0. The van der Waals surface area contributed by atoms with Crippen LogP contribution < -0.4 is 10.2 Å². The van der Waals surface area contributed by atoms with Crippen molar-refractivity contribution in [1.29, 1.82) is 0 Å². The number of benzene rings is 3. The van der Waals surface area contributed by atoms with Gasteiger partial charge in [-0.3, -0.25) is 4.79 Å². The van der Waals surface area contributed by atoms with Crippen molar-refractivity contribution in [2.45, 2.75) is 10.6 Å². The number of rotatable bonds is 7. The predicted octanol–water partition coefficient (Wildman–Crippen LogP) is 4.18. The Labute approximate surface area is 206 Å². The van der Waals surface area contributed by atoms with Crippen molar-refractivity contribution in [3.63, 3.8) is 0 Å². The van der Waals surface area contributed by atoms with E-state index in [0.29, 0.717) is 54.8 Å². The van der Waals surface area contributed by atoms with Crippen molar-refractivity contribution in [3.8, 4) is 5.69 Å². The molecule has 1 aliphatic rings. The summed E-state index contributed by atoms with van der Waals surface area (Å²) in [6.45, 7) is 2.43. The van der Waals surface area contributed by atoms with Crippen LogP contribution >= 0.6 is 11.8 Å². The van der Waals surface area contributed by atoms with E-state index in [2.05, 4.69) is 20.8 Å². The molecule has 3 aromatic carbocycles. The van der Waals surface area contributed by atoms with Crippen LogP contribution in [0.5, 0.6) is 0 Å². The molecule has 10 heteroatoms. The zero-order chi connectivity index (χ0) is 24.0. The van der Waals surface area contributed by atoms with Crippen molar-refractivity contribution in [1.82, 2.24) is 20.2 Å². The van der Waals surface area contributed by atoms with Crippen molar-refractivity contribution in [2.75, 3.05) is 36.5 Å². The SMILES string of the molecule is O=C(Nc1ccc(N2CCOCC2)c(F)c1)c1ccccc1SCc1nnnn1-c1ccccc1. The number of para-hydroxylation sites is 1. The molecule has 0 atom stereocenters. The molecule has 1 N–H and O–H groups in total. The van der Waals surface area contributed by atoms with E-state index in [-0.39, 0.29) is 11.7 Å². The van der Waals surface area contributed by atoms with E-state index in [4.69, 9.17) is 4.74 Å². The fraction of sp³-hybridized carbons (Fsp3) is 0.200. The van der Waals surface area contributed by atoms with E-state index in [1.54, 1.807) is 28.9 Å². The highest BCUT2D eigenvalue weighted by Gasteiger charge is 2.18. The number of halogens is 1. The third kappa shape index (κ3) is 5.33. The molecule has 1 fully saturated rings. The van der Waals surface area contributed by atoms with E-state index in [1.165, 1.54) is 17.8 Å². The van der Waals surface area contributed by atoms with Gasteiger partial charge in [-0.2, -0.15) is 4.68 Å². The lowest BCUT2D eigenvalue weighted by molar-refractivity contribution is 0.102. The number of carbonyl (C=O) groups excluding carboxylic acids is 1. The summed E-state index contributed by atoms with van der Waals surface area (Å²) in [4.78, 5) is 15.8. The fourth-order valence-corrected chi connectivity index (χ4v) is 4.79. The highest BCUT2D eigenvalue weighted by atomic mass is 32.2. The first kappa shape index (κ1) is 23.0. The lowest BCUT2D eigenvalue weighted by atomic mass is 10.2. The van der Waals surface area contributed by atoms with E-state index in [9.17, 15) is 9.18 Å². The van der Waals surface area contributed by atoms with Gasteiger partial charge in [0.2, 0.25) is 0 Å². The maximum absolute atomic E-state index is 14.8. The molecule has 1 amide bonds. The summed E-state index contributed by atoms with van der Waals surface area (Å²) in [5.41, 5.74) is 2.27. The van der Waals surface area contributed by atoms with Crippen LogP contribution in [0.15, 0.2) is 77.7 Å². The highest BCUT2D eigenvalue weighted by Crippen LogP contribution is 2.28. The number of nitrogens with zero attached hydrogens (tertiary/aromatic N) is 5. The minimum Gasteiger partial charge on any atom is -0.378 e. The molecule has 2 heterocycles. The van der Waals surface area contributed by atoms with Crippen LogP contribution in [0.4, 0.5) is 15.8 Å². The monoisotopic (exact) mass is 490 g/mol. The van der Waals surface area contributed by atoms with Crippen molar-refractivity contribution >= 4 is 29.0 Å². The third-order valence-corrected chi connectivity index (χ3v) is 6.65. The van der Waals surface area contributed by atoms with Crippen molar-refractivity contribution in [2.24, 2.45) is 0 Å². The quantitative estimate of drug-likeness (QED) is 0.389. The van der Waals surface area contributed by atoms with E-state index >= 15 is 0 Å². The van der Waals surface area contributed by atoms with E-state index < -0.39 is 0 Å². The van der Waals surface area contributed by atoms with Gasteiger partial charge >= 0.3 is 0 Å². The van der Waals surface area contributed by atoms with Gasteiger partial charge in [0.15, 0.2) is 5.82 Å². The molecular formula is C25H23FN6O2S. The summed E-state index contributed by atoms with van der Waals surface area (Å²) in [5.74, 6) is 0.446. The molecule has 0 spiro atoms. The minimum absolute atomic E-state index is 0.311. The Morgan fingerprint density at radius 3 is 2.60 bits per heavy atom. The molecule has 0 aliphatic carbocycles. The normalized spacial score (nSPS) is 13.6. The minimum atomic E-state index is -0.375. The van der Waals surface area contributed by atoms with Crippen LogP contribution in [0.3, 0.4) is 0 Å².